The molecule has 2 amide bonds. The highest BCUT2D eigenvalue weighted by Gasteiger charge is 2.42. The zero-order valence-electron chi connectivity index (χ0n) is 19.1. The summed E-state index contributed by atoms with van der Waals surface area (Å²) in [4.78, 5) is 26.0. The van der Waals surface area contributed by atoms with Gasteiger partial charge >= 0.3 is 0 Å². The van der Waals surface area contributed by atoms with E-state index < -0.39 is 16.5 Å². The molecule has 0 spiro atoms. The number of nitrogens with one attached hydrogen (secondary N) is 2. The number of phenolic OH excluding ortho intramolecular Hbond substituents is 1. The van der Waals surface area contributed by atoms with E-state index in [1.54, 1.807) is 48.5 Å². The predicted molar refractivity (Wildman–Crippen MR) is 136 cm³/mol. The van der Waals surface area contributed by atoms with E-state index in [1.165, 1.54) is 42.1 Å². The molecule has 3 N–H and O–H groups in total. The van der Waals surface area contributed by atoms with Gasteiger partial charge in [-0.05, 0) is 66.2 Å². The van der Waals surface area contributed by atoms with Crippen molar-refractivity contribution in [1.29, 1.82) is 0 Å². The number of rotatable bonds is 9. The first-order valence-corrected chi connectivity index (χ1v) is 12.2. The van der Waals surface area contributed by atoms with Crippen molar-refractivity contribution in [3.8, 4) is 17.2 Å². The molecule has 36 heavy (non-hydrogen) atoms. The van der Waals surface area contributed by atoms with E-state index in [-0.39, 0.29) is 36.4 Å². The highest BCUT2D eigenvalue weighted by molar-refractivity contribution is 8.01. The van der Waals surface area contributed by atoms with Crippen LogP contribution < -0.4 is 20.2 Å². The summed E-state index contributed by atoms with van der Waals surface area (Å²) < 4.78 is 23.9. The Balaban J connectivity index is 1.49. The molecule has 1 saturated heterocycles. The summed E-state index contributed by atoms with van der Waals surface area (Å²) in [6, 6.07) is 17.1. The summed E-state index contributed by atoms with van der Waals surface area (Å²) in [5.41, 5.74) is 3.94. The summed E-state index contributed by atoms with van der Waals surface area (Å²) in [6.45, 7) is -0.0747. The highest BCUT2D eigenvalue weighted by Crippen LogP contribution is 2.44. The van der Waals surface area contributed by atoms with Gasteiger partial charge in [0.15, 0.2) is 18.1 Å². The number of carbonyl (C=O) groups excluding carboxylic acids is 2. The minimum absolute atomic E-state index is 0.0444. The van der Waals surface area contributed by atoms with E-state index in [0.717, 1.165) is 0 Å². The lowest BCUT2D eigenvalue weighted by Crippen LogP contribution is -2.48. The van der Waals surface area contributed by atoms with Crippen molar-refractivity contribution in [2.45, 2.75) is 10.6 Å². The SMILES string of the molecule is COc1cc(C2SC(CNc3ccc(F)cc3)C(=O)N2NC(=O)COc2ccc(Cl)cc2)ccc1O. The quantitative estimate of drug-likeness (QED) is 0.377. The number of nitrogens with zero attached hydrogens (tertiary/aromatic N) is 1. The number of amides is 2. The fourth-order valence-corrected chi connectivity index (χ4v) is 4.92. The summed E-state index contributed by atoms with van der Waals surface area (Å²) >= 11 is 7.18. The van der Waals surface area contributed by atoms with Crippen LogP contribution in [0.5, 0.6) is 17.2 Å². The number of carbonyl (C=O) groups is 2. The van der Waals surface area contributed by atoms with Gasteiger partial charge in [-0.2, -0.15) is 0 Å². The van der Waals surface area contributed by atoms with Gasteiger partial charge in [-0.25, -0.2) is 9.40 Å². The van der Waals surface area contributed by atoms with Crippen LogP contribution >= 0.6 is 23.4 Å². The number of hydrogen-bond acceptors (Lipinski definition) is 7. The van der Waals surface area contributed by atoms with Crippen molar-refractivity contribution in [2.75, 3.05) is 25.6 Å². The molecule has 2 atom stereocenters. The molecule has 0 radical (unpaired) electrons. The van der Waals surface area contributed by atoms with Crippen LogP contribution in [0.1, 0.15) is 10.9 Å². The predicted octanol–water partition coefficient (Wildman–Crippen LogP) is 4.36. The second-order valence-corrected chi connectivity index (χ2v) is 9.51. The zero-order valence-corrected chi connectivity index (χ0v) is 20.7. The maximum absolute atomic E-state index is 13.3. The maximum Gasteiger partial charge on any atom is 0.276 e. The van der Waals surface area contributed by atoms with Gasteiger partial charge in [-0.15, -0.1) is 11.8 Å². The lowest BCUT2D eigenvalue weighted by atomic mass is 10.2. The van der Waals surface area contributed by atoms with Crippen molar-refractivity contribution >= 4 is 40.9 Å². The molecular weight excluding hydrogens is 509 g/mol. The van der Waals surface area contributed by atoms with Crippen molar-refractivity contribution < 1.29 is 28.6 Å². The highest BCUT2D eigenvalue weighted by atomic mass is 35.5. The molecule has 0 aliphatic carbocycles. The van der Waals surface area contributed by atoms with Crippen molar-refractivity contribution in [1.82, 2.24) is 10.4 Å². The van der Waals surface area contributed by atoms with Gasteiger partial charge in [0.05, 0.1) is 7.11 Å². The third kappa shape index (κ3) is 6.13. The molecule has 11 heteroatoms. The van der Waals surface area contributed by atoms with Crippen LogP contribution in [-0.2, 0) is 9.59 Å². The lowest BCUT2D eigenvalue weighted by Gasteiger charge is -2.25. The number of hydrogen-bond donors (Lipinski definition) is 3. The zero-order chi connectivity index (χ0) is 25.7. The Kier molecular flexibility index (Phi) is 8.07. The fourth-order valence-electron chi connectivity index (χ4n) is 3.49. The van der Waals surface area contributed by atoms with Crippen LogP contribution in [0.3, 0.4) is 0 Å². The third-order valence-electron chi connectivity index (χ3n) is 5.29. The van der Waals surface area contributed by atoms with Gasteiger partial charge in [0.1, 0.15) is 22.2 Å². The van der Waals surface area contributed by atoms with Crippen LogP contribution in [0.4, 0.5) is 10.1 Å². The molecule has 1 fully saturated rings. The smallest absolute Gasteiger partial charge is 0.276 e. The topological polar surface area (TPSA) is 100 Å². The number of halogens is 2. The first-order valence-electron chi connectivity index (χ1n) is 10.9. The van der Waals surface area contributed by atoms with Crippen molar-refractivity contribution in [2.24, 2.45) is 0 Å². The largest absolute Gasteiger partial charge is 0.504 e. The summed E-state index contributed by atoms with van der Waals surface area (Å²) in [5, 5.41) is 13.7. The Morgan fingerprint density at radius 2 is 1.86 bits per heavy atom. The first kappa shape index (κ1) is 25.5. The summed E-state index contributed by atoms with van der Waals surface area (Å²) in [7, 11) is 1.43. The van der Waals surface area contributed by atoms with E-state index in [4.69, 9.17) is 21.1 Å². The molecule has 0 aromatic heterocycles. The van der Waals surface area contributed by atoms with Crippen molar-refractivity contribution in [3.05, 3.63) is 83.1 Å². The maximum atomic E-state index is 13.3. The number of methoxy groups -OCH3 is 1. The van der Waals surface area contributed by atoms with Gasteiger partial charge in [-0.1, -0.05) is 17.7 Å². The number of hydrazine groups is 1. The number of thioether (sulfide) groups is 1. The molecule has 1 aliphatic rings. The normalized spacial score (nSPS) is 17.1. The minimum atomic E-state index is -0.591. The number of phenols is 1. The van der Waals surface area contributed by atoms with Gasteiger partial charge < -0.3 is 19.9 Å². The van der Waals surface area contributed by atoms with Gasteiger partial charge in [0.25, 0.3) is 11.8 Å². The molecule has 3 aromatic carbocycles. The third-order valence-corrected chi connectivity index (χ3v) is 6.98. The number of ether oxygens (including phenoxy) is 2. The molecule has 188 valence electrons. The lowest BCUT2D eigenvalue weighted by molar-refractivity contribution is -0.141. The Labute approximate surface area is 216 Å². The Bertz CT molecular complexity index is 1230. The van der Waals surface area contributed by atoms with Crippen molar-refractivity contribution in [3.63, 3.8) is 0 Å². The molecular formula is C25H23ClFN3O5S. The van der Waals surface area contributed by atoms with E-state index in [0.29, 0.717) is 22.0 Å². The first-order chi connectivity index (χ1) is 17.3. The van der Waals surface area contributed by atoms with Crippen LogP contribution in [0.25, 0.3) is 0 Å². The van der Waals surface area contributed by atoms with Crippen LogP contribution in [-0.4, -0.2) is 47.4 Å². The van der Waals surface area contributed by atoms with Crippen LogP contribution in [0, 0.1) is 5.82 Å². The monoisotopic (exact) mass is 531 g/mol. The molecule has 1 aliphatic heterocycles. The van der Waals surface area contributed by atoms with E-state index in [9.17, 15) is 19.1 Å². The molecule has 0 bridgehead atoms. The summed E-state index contributed by atoms with van der Waals surface area (Å²) in [6.07, 6.45) is 0. The molecule has 1 heterocycles. The molecule has 0 saturated carbocycles. The molecule has 8 nitrogen and oxygen atoms in total. The Morgan fingerprint density at radius 1 is 1.14 bits per heavy atom. The standard InChI is InChI=1S/C25H23ClFN3O5S/c1-34-21-12-15(2-11-20(21)31)25-30(29-23(32)14-35-19-9-3-16(26)4-10-19)24(33)22(36-25)13-28-18-7-5-17(27)6-8-18/h2-12,22,25,28,31H,13-14H2,1H3,(H,29,32). The number of aromatic hydroxyl groups is 1. The van der Waals surface area contributed by atoms with Gasteiger partial charge in [-0.3, -0.25) is 15.0 Å². The summed E-state index contributed by atoms with van der Waals surface area (Å²) in [5.74, 6) is -0.558. The Morgan fingerprint density at radius 3 is 2.56 bits per heavy atom. The van der Waals surface area contributed by atoms with Gasteiger partial charge in [0.2, 0.25) is 0 Å². The fraction of sp³-hybridized carbons (Fsp3) is 0.200. The van der Waals surface area contributed by atoms with E-state index >= 15 is 0 Å². The van der Waals surface area contributed by atoms with E-state index in [1.807, 2.05) is 0 Å². The average molecular weight is 532 g/mol. The minimum Gasteiger partial charge on any atom is -0.504 e. The second-order valence-electron chi connectivity index (χ2n) is 7.78. The van der Waals surface area contributed by atoms with Gasteiger partial charge in [0, 0.05) is 17.3 Å². The number of anilines is 1. The number of benzene rings is 3. The van der Waals surface area contributed by atoms with E-state index in [2.05, 4.69) is 10.7 Å². The molecule has 2 unspecified atom stereocenters. The molecule has 4 rings (SSSR count). The second kappa shape index (κ2) is 11.4. The molecule has 3 aromatic rings. The van der Waals surface area contributed by atoms with Crippen LogP contribution in [0.2, 0.25) is 5.02 Å². The average Bonchev–Trinajstić information content (AvgIpc) is 3.18. The Hall–Kier alpha value is -3.63. The van der Waals surface area contributed by atoms with Crippen LogP contribution in [0.15, 0.2) is 66.7 Å².